The Kier molecular flexibility index (Phi) is 3.70. The monoisotopic (exact) mass is 186 g/mol. The molecule has 0 bridgehead atoms. The smallest absolute Gasteiger partial charge is 0.0151 e. The Morgan fingerprint density at radius 1 is 1.21 bits per heavy atom. The quantitative estimate of drug-likeness (QED) is 0.615. The molecular weight excluding hydrogens is 168 g/mol. The van der Waals surface area contributed by atoms with Crippen molar-refractivity contribution in [2.45, 2.75) is 26.7 Å². The Balaban J connectivity index is 2.83. The molecule has 0 aliphatic heterocycles. The minimum absolute atomic E-state index is 0.976. The number of rotatable bonds is 3. The zero-order valence-corrected chi connectivity index (χ0v) is 9.14. The normalized spacial score (nSPS) is 15.6. The van der Waals surface area contributed by atoms with Crippen molar-refractivity contribution < 1.29 is 0 Å². The molecule has 0 unspecified atom stereocenters. The SMILES string of the molecule is C=C(C)C1=CCC=C(C(=C)CC)C=C1. The van der Waals surface area contributed by atoms with E-state index in [9.17, 15) is 0 Å². The lowest BCUT2D eigenvalue weighted by molar-refractivity contribution is 1.13. The lowest BCUT2D eigenvalue weighted by atomic mass is 10.0. The summed E-state index contributed by atoms with van der Waals surface area (Å²) < 4.78 is 0. The van der Waals surface area contributed by atoms with E-state index >= 15 is 0 Å². The highest BCUT2D eigenvalue weighted by Crippen LogP contribution is 2.20. The molecule has 0 radical (unpaired) electrons. The molecule has 1 rings (SSSR count). The Morgan fingerprint density at radius 2 is 1.79 bits per heavy atom. The molecule has 0 fully saturated rings. The first-order valence-electron chi connectivity index (χ1n) is 5.07. The van der Waals surface area contributed by atoms with Crippen molar-refractivity contribution in [3.05, 3.63) is 59.8 Å². The lowest BCUT2D eigenvalue weighted by Gasteiger charge is -2.01. The van der Waals surface area contributed by atoms with E-state index in [1.807, 2.05) is 6.92 Å². The molecule has 0 heteroatoms. The Morgan fingerprint density at radius 3 is 2.36 bits per heavy atom. The summed E-state index contributed by atoms with van der Waals surface area (Å²) in [6.45, 7) is 12.2. The van der Waals surface area contributed by atoms with Crippen LogP contribution in [0.4, 0.5) is 0 Å². The van der Waals surface area contributed by atoms with Crippen LogP contribution in [0.2, 0.25) is 0 Å². The van der Waals surface area contributed by atoms with Gasteiger partial charge in [0.1, 0.15) is 0 Å². The topological polar surface area (TPSA) is 0 Å². The van der Waals surface area contributed by atoms with Gasteiger partial charge in [-0.05, 0) is 36.5 Å². The highest BCUT2D eigenvalue weighted by Gasteiger charge is 2.01. The van der Waals surface area contributed by atoms with Gasteiger partial charge in [0.2, 0.25) is 0 Å². The van der Waals surface area contributed by atoms with E-state index in [0.717, 1.165) is 18.4 Å². The van der Waals surface area contributed by atoms with Crippen molar-refractivity contribution in [3.8, 4) is 0 Å². The molecule has 1 aliphatic carbocycles. The zero-order valence-electron chi connectivity index (χ0n) is 9.14. The molecule has 0 amide bonds. The number of hydrogen-bond donors (Lipinski definition) is 0. The molecule has 0 heterocycles. The first kappa shape index (κ1) is 10.8. The summed E-state index contributed by atoms with van der Waals surface area (Å²) in [4.78, 5) is 0. The maximum atomic E-state index is 4.04. The van der Waals surface area contributed by atoms with Gasteiger partial charge in [-0.15, -0.1) is 0 Å². The summed E-state index contributed by atoms with van der Waals surface area (Å²) in [7, 11) is 0. The molecule has 0 aromatic rings. The predicted octanol–water partition coefficient (Wildman–Crippen LogP) is 4.34. The predicted molar refractivity (Wildman–Crippen MR) is 64.2 cm³/mol. The second-order valence-electron chi connectivity index (χ2n) is 3.63. The highest BCUT2D eigenvalue weighted by atomic mass is 14.1. The number of hydrogen-bond acceptors (Lipinski definition) is 0. The molecule has 1 aliphatic rings. The minimum Gasteiger partial charge on any atom is -0.0955 e. The van der Waals surface area contributed by atoms with Crippen LogP contribution in [-0.4, -0.2) is 0 Å². The summed E-state index contributed by atoms with van der Waals surface area (Å²) in [6, 6.07) is 0. The summed E-state index contributed by atoms with van der Waals surface area (Å²) in [5.41, 5.74) is 4.83. The van der Waals surface area contributed by atoms with Crippen LogP contribution in [0.3, 0.4) is 0 Å². The summed E-state index contributed by atoms with van der Waals surface area (Å²) in [5, 5.41) is 0. The molecule has 0 atom stereocenters. The van der Waals surface area contributed by atoms with Crippen molar-refractivity contribution in [1.29, 1.82) is 0 Å². The third kappa shape index (κ3) is 2.59. The molecule has 0 aromatic heterocycles. The van der Waals surface area contributed by atoms with E-state index in [0.29, 0.717) is 0 Å². The molecule has 14 heavy (non-hydrogen) atoms. The lowest BCUT2D eigenvalue weighted by Crippen LogP contribution is -1.82. The van der Waals surface area contributed by atoms with Crippen molar-refractivity contribution in [2.24, 2.45) is 0 Å². The van der Waals surface area contributed by atoms with Gasteiger partial charge in [-0.3, -0.25) is 0 Å². The maximum Gasteiger partial charge on any atom is -0.0151 e. The molecule has 0 N–H and O–H groups in total. The van der Waals surface area contributed by atoms with Gasteiger partial charge in [-0.25, -0.2) is 0 Å². The summed E-state index contributed by atoms with van der Waals surface area (Å²) >= 11 is 0. The maximum absolute atomic E-state index is 4.04. The van der Waals surface area contributed by atoms with E-state index in [1.54, 1.807) is 0 Å². The van der Waals surface area contributed by atoms with Crippen molar-refractivity contribution in [2.75, 3.05) is 0 Å². The van der Waals surface area contributed by atoms with Crippen LogP contribution in [-0.2, 0) is 0 Å². The molecular formula is C14H18. The average molecular weight is 186 g/mol. The van der Waals surface area contributed by atoms with Crippen LogP contribution < -0.4 is 0 Å². The second kappa shape index (κ2) is 4.80. The first-order chi connectivity index (χ1) is 6.65. The van der Waals surface area contributed by atoms with Gasteiger partial charge in [0.25, 0.3) is 0 Å². The van der Waals surface area contributed by atoms with E-state index in [2.05, 4.69) is 44.4 Å². The molecule has 74 valence electrons. The summed E-state index contributed by atoms with van der Waals surface area (Å²) in [6.07, 6.45) is 10.7. The first-order valence-corrected chi connectivity index (χ1v) is 5.07. The third-order valence-electron chi connectivity index (χ3n) is 2.45. The second-order valence-corrected chi connectivity index (χ2v) is 3.63. The molecule has 0 aromatic carbocycles. The van der Waals surface area contributed by atoms with Gasteiger partial charge in [0, 0.05) is 0 Å². The van der Waals surface area contributed by atoms with E-state index in [1.165, 1.54) is 16.7 Å². The van der Waals surface area contributed by atoms with Gasteiger partial charge in [0.15, 0.2) is 0 Å². The zero-order chi connectivity index (χ0) is 10.6. The van der Waals surface area contributed by atoms with Gasteiger partial charge < -0.3 is 0 Å². The Labute approximate surface area is 87.0 Å². The molecule has 0 saturated heterocycles. The Hall–Kier alpha value is -1.30. The molecule has 0 saturated carbocycles. The van der Waals surface area contributed by atoms with Crippen molar-refractivity contribution in [3.63, 3.8) is 0 Å². The van der Waals surface area contributed by atoms with Crippen LogP contribution >= 0.6 is 0 Å². The van der Waals surface area contributed by atoms with E-state index in [-0.39, 0.29) is 0 Å². The minimum atomic E-state index is 0.976. The highest BCUT2D eigenvalue weighted by molar-refractivity contribution is 5.47. The molecule has 0 spiro atoms. The van der Waals surface area contributed by atoms with Crippen molar-refractivity contribution >= 4 is 0 Å². The largest absolute Gasteiger partial charge is 0.0955 e. The number of allylic oxidation sites excluding steroid dienone is 8. The van der Waals surface area contributed by atoms with Crippen LogP contribution in [0.25, 0.3) is 0 Å². The standard InChI is InChI=1S/C14H18/c1-5-12(4)14-8-6-7-13(9-10-14)11(2)3/h7-10H,2,4-6H2,1,3H3. The van der Waals surface area contributed by atoms with Gasteiger partial charge in [0.05, 0.1) is 0 Å². The third-order valence-corrected chi connectivity index (χ3v) is 2.45. The van der Waals surface area contributed by atoms with Crippen LogP contribution in [0.5, 0.6) is 0 Å². The fraction of sp³-hybridized carbons (Fsp3) is 0.286. The van der Waals surface area contributed by atoms with Gasteiger partial charge in [-0.2, -0.15) is 0 Å². The summed E-state index contributed by atoms with van der Waals surface area (Å²) in [5.74, 6) is 0. The van der Waals surface area contributed by atoms with E-state index in [4.69, 9.17) is 0 Å². The fourth-order valence-electron chi connectivity index (χ4n) is 1.41. The van der Waals surface area contributed by atoms with Gasteiger partial charge >= 0.3 is 0 Å². The van der Waals surface area contributed by atoms with Crippen LogP contribution in [0.15, 0.2) is 59.8 Å². The van der Waals surface area contributed by atoms with E-state index < -0.39 is 0 Å². The van der Waals surface area contributed by atoms with Gasteiger partial charge in [-0.1, -0.05) is 50.0 Å². The van der Waals surface area contributed by atoms with Crippen LogP contribution in [0.1, 0.15) is 26.7 Å². The van der Waals surface area contributed by atoms with Crippen LogP contribution in [0, 0.1) is 0 Å². The Bertz CT molecular complexity index is 335. The molecule has 0 nitrogen and oxygen atoms in total. The fourth-order valence-corrected chi connectivity index (χ4v) is 1.41. The van der Waals surface area contributed by atoms with Crippen molar-refractivity contribution in [1.82, 2.24) is 0 Å². The average Bonchev–Trinajstić information content (AvgIpc) is 2.41.